The van der Waals surface area contributed by atoms with Gasteiger partial charge >= 0.3 is 0 Å². The van der Waals surface area contributed by atoms with Crippen molar-refractivity contribution >= 4 is 0 Å². The van der Waals surface area contributed by atoms with Crippen molar-refractivity contribution in [2.24, 2.45) is 0 Å². The summed E-state index contributed by atoms with van der Waals surface area (Å²) >= 11 is 0. The fourth-order valence-electron chi connectivity index (χ4n) is 0.282. The molecule has 0 amide bonds. The number of hydrogen-bond acceptors (Lipinski definition) is 3. The molecule has 0 rings (SSSR count). The van der Waals surface area contributed by atoms with E-state index in [0.717, 1.165) is 13.0 Å². The summed E-state index contributed by atoms with van der Waals surface area (Å²) in [6.45, 7) is 4.61. The van der Waals surface area contributed by atoms with Crippen molar-refractivity contribution in [2.45, 2.75) is 20.3 Å². The van der Waals surface area contributed by atoms with Gasteiger partial charge in [-0.25, -0.2) is 0 Å². The predicted octanol–water partition coefficient (Wildman–Crippen LogP) is 0.918. The Balaban J connectivity index is 0. The van der Waals surface area contributed by atoms with Crippen LogP contribution >= 0.6 is 0 Å². The number of ether oxygens (including phenoxy) is 1. The molecule has 3 nitrogen and oxygen atoms in total. The Morgan fingerprint density at radius 3 is 2.09 bits per heavy atom. The highest BCUT2D eigenvalue weighted by Gasteiger charge is 1.70. The van der Waals surface area contributed by atoms with E-state index in [1.807, 2.05) is 13.0 Å². The molecule has 0 aliphatic rings. The molecule has 0 heterocycles. The zero-order chi connectivity index (χ0) is 8.95. The molecule has 0 unspecified atom stereocenters. The highest BCUT2D eigenvalue weighted by Crippen LogP contribution is 1.79. The molecule has 0 radical (unpaired) electrons. The van der Waals surface area contributed by atoms with Crippen LogP contribution in [-0.4, -0.2) is 30.0 Å². The van der Waals surface area contributed by atoms with E-state index < -0.39 is 0 Å². The van der Waals surface area contributed by atoms with Crippen LogP contribution < -0.4 is 0 Å². The van der Waals surface area contributed by atoms with E-state index in [1.54, 1.807) is 6.26 Å². The van der Waals surface area contributed by atoms with E-state index in [2.05, 4.69) is 6.92 Å². The molecule has 0 aromatic carbocycles. The summed E-state index contributed by atoms with van der Waals surface area (Å²) < 4.78 is 4.95. The predicted molar refractivity (Wildman–Crippen MR) is 45.2 cm³/mol. The maximum Gasteiger partial charge on any atom is 0.0870 e. The summed E-state index contributed by atoms with van der Waals surface area (Å²) in [5, 5.41) is 15.2. The Hall–Kier alpha value is -0.540. The van der Waals surface area contributed by atoms with Gasteiger partial charge in [-0.15, -0.1) is 0 Å². The minimum Gasteiger partial charge on any atom is -0.502 e. The Kier molecular flexibility index (Phi) is 19.3. The van der Waals surface area contributed by atoms with Gasteiger partial charge in [-0.05, 0) is 13.3 Å². The average molecular weight is 162 g/mol. The highest BCUT2D eigenvalue weighted by atomic mass is 16.5. The van der Waals surface area contributed by atoms with E-state index >= 15 is 0 Å². The number of aliphatic hydroxyl groups is 2. The van der Waals surface area contributed by atoms with Crippen LogP contribution in [0.25, 0.3) is 0 Å². The molecule has 0 atom stereocenters. The third kappa shape index (κ3) is 26.5. The Bertz CT molecular complexity index is 69.7. The summed E-state index contributed by atoms with van der Waals surface area (Å²) in [6, 6.07) is 0. The van der Waals surface area contributed by atoms with Crippen LogP contribution in [0.5, 0.6) is 0 Å². The number of aliphatic hydroxyl groups excluding tert-OH is 2. The summed E-state index contributed by atoms with van der Waals surface area (Å²) in [5.41, 5.74) is 0. The monoisotopic (exact) mass is 162 g/mol. The van der Waals surface area contributed by atoms with E-state index in [0.29, 0.717) is 0 Å². The molecule has 0 aromatic heterocycles. The van der Waals surface area contributed by atoms with Gasteiger partial charge in [-0.1, -0.05) is 13.0 Å². The van der Waals surface area contributed by atoms with Crippen LogP contribution in [0, 0.1) is 0 Å². The Morgan fingerprint density at radius 1 is 1.27 bits per heavy atom. The molecule has 0 saturated carbocycles. The third-order valence-corrected chi connectivity index (χ3v) is 0.654. The molecule has 2 N–H and O–H groups in total. The molecule has 0 bridgehead atoms. The largest absolute Gasteiger partial charge is 0.502 e. The lowest BCUT2D eigenvalue weighted by molar-refractivity contribution is 0.186. The first kappa shape index (κ1) is 13.1. The molecular weight excluding hydrogens is 144 g/mol. The van der Waals surface area contributed by atoms with Crippen LogP contribution in [0.1, 0.15) is 20.3 Å². The van der Waals surface area contributed by atoms with Crippen molar-refractivity contribution in [3.8, 4) is 0 Å². The topological polar surface area (TPSA) is 49.7 Å². The minimum absolute atomic E-state index is 0.125. The van der Waals surface area contributed by atoms with Gasteiger partial charge < -0.3 is 14.9 Å². The summed E-state index contributed by atoms with van der Waals surface area (Å²) in [7, 11) is 0. The zero-order valence-electron chi connectivity index (χ0n) is 7.29. The standard InChI is InChI=1S/C6H12O.C2H6O2/c1-3-5-7-6-4-2;3-1-2-4/h3,5H,4,6H2,1-2H3;3-4H,1-2H2/b5-3+;. The molecule has 0 aliphatic carbocycles. The van der Waals surface area contributed by atoms with Gasteiger partial charge in [0.2, 0.25) is 0 Å². The first-order valence-corrected chi connectivity index (χ1v) is 3.77. The Morgan fingerprint density at radius 2 is 1.82 bits per heavy atom. The minimum atomic E-state index is -0.125. The second-order valence-electron chi connectivity index (χ2n) is 1.79. The molecule has 0 aliphatic heterocycles. The second kappa shape index (κ2) is 16.2. The fourth-order valence-corrected chi connectivity index (χ4v) is 0.282. The number of hydrogen-bond donors (Lipinski definition) is 2. The van der Waals surface area contributed by atoms with Crippen LogP contribution in [0.2, 0.25) is 0 Å². The lowest BCUT2D eigenvalue weighted by atomic mass is 10.5. The zero-order valence-corrected chi connectivity index (χ0v) is 7.29. The lowest BCUT2D eigenvalue weighted by Gasteiger charge is -1.91. The van der Waals surface area contributed by atoms with Crippen molar-refractivity contribution in [3.05, 3.63) is 12.3 Å². The first-order chi connectivity index (χ1) is 5.33. The van der Waals surface area contributed by atoms with Gasteiger partial charge in [0, 0.05) is 0 Å². The molecule has 0 spiro atoms. The molecule has 11 heavy (non-hydrogen) atoms. The van der Waals surface area contributed by atoms with Crippen LogP contribution in [0.4, 0.5) is 0 Å². The summed E-state index contributed by atoms with van der Waals surface area (Å²) in [4.78, 5) is 0. The molecule has 0 aromatic rings. The number of allylic oxidation sites excluding steroid dienone is 1. The van der Waals surface area contributed by atoms with Crippen LogP contribution in [0.3, 0.4) is 0 Å². The highest BCUT2D eigenvalue weighted by molar-refractivity contribution is 4.64. The van der Waals surface area contributed by atoms with Gasteiger partial charge in [0.15, 0.2) is 0 Å². The van der Waals surface area contributed by atoms with E-state index in [-0.39, 0.29) is 13.2 Å². The van der Waals surface area contributed by atoms with E-state index in [9.17, 15) is 0 Å². The van der Waals surface area contributed by atoms with Crippen molar-refractivity contribution in [1.82, 2.24) is 0 Å². The van der Waals surface area contributed by atoms with Crippen molar-refractivity contribution in [2.75, 3.05) is 19.8 Å². The maximum absolute atomic E-state index is 7.62. The van der Waals surface area contributed by atoms with Crippen molar-refractivity contribution in [1.29, 1.82) is 0 Å². The molecular formula is C8H18O3. The summed E-state index contributed by atoms with van der Waals surface area (Å²) in [6.07, 6.45) is 4.68. The SMILES string of the molecule is C/C=C/OCCC.OCCO. The van der Waals surface area contributed by atoms with Crippen LogP contribution in [0.15, 0.2) is 12.3 Å². The molecule has 0 saturated heterocycles. The molecule has 3 heteroatoms. The lowest BCUT2D eigenvalue weighted by Crippen LogP contribution is -1.85. The first-order valence-electron chi connectivity index (χ1n) is 3.77. The van der Waals surface area contributed by atoms with Gasteiger partial charge in [0.1, 0.15) is 0 Å². The van der Waals surface area contributed by atoms with Gasteiger partial charge in [0.05, 0.1) is 26.1 Å². The molecule has 0 fully saturated rings. The van der Waals surface area contributed by atoms with Crippen LogP contribution in [-0.2, 0) is 4.74 Å². The number of rotatable bonds is 4. The third-order valence-electron chi connectivity index (χ3n) is 0.654. The van der Waals surface area contributed by atoms with Gasteiger partial charge in [-0.2, -0.15) is 0 Å². The quantitative estimate of drug-likeness (QED) is 0.477. The van der Waals surface area contributed by atoms with E-state index in [4.69, 9.17) is 14.9 Å². The van der Waals surface area contributed by atoms with E-state index in [1.165, 1.54) is 0 Å². The van der Waals surface area contributed by atoms with Crippen molar-refractivity contribution in [3.63, 3.8) is 0 Å². The smallest absolute Gasteiger partial charge is 0.0870 e. The van der Waals surface area contributed by atoms with Crippen molar-refractivity contribution < 1.29 is 14.9 Å². The van der Waals surface area contributed by atoms with Gasteiger partial charge in [-0.3, -0.25) is 0 Å². The molecule has 68 valence electrons. The summed E-state index contributed by atoms with van der Waals surface area (Å²) in [5.74, 6) is 0. The second-order valence-corrected chi connectivity index (χ2v) is 1.79. The normalized spacial score (nSPS) is 9.09. The average Bonchev–Trinajstić information content (AvgIpc) is 2.06. The fraction of sp³-hybridized carbons (Fsp3) is 0.750. The van der Waals surface area contributed by atoms with Gasteiger partial charge in [0.25, 0.3) is 0 Å². The Labute approximate surface area is 68.3 Å². The maximum atomic E-state index is 7.62.